The molecule has 0 radical (unpaired) electrons. The second kappa shape index (κ2) is 7.56. The maximum absolute atomic E-state index is 13.4. The van der Waals surface area contributed by atoms with Crippen molar-refractivity contribution in [3.8, 4) is 0 Å². The van der Waals surface area contributed by atoms with Crippen molar-refractivity contribution in [2.75, 3.05) is 18.0 Å². The summed E-state index contributed by atoms with van der Waals surface area (Å²) in [7, 11) is -3.77. The molecule has 0 aliphatic carbocycles. The molecule has 1 amide bonds. The highest BCUT2D eigenvalue weighted by Crippen LogP contribution is 2.34. The molecule has 1 aliphatic rings. The van der Waals surface area contributed by atoms with E-state index in [1.54, 1.807) is 42.7 Å². The number of fused-ring (bicyclic) bond motifs is 1. The zero-order valence-corrected chi connectivity index (χ0v) is 18.8. The van der Waals surface area contributed by atoms with E-state index >= 15 is 0 Å². The van der Waals surface area contributed by atoms with E-state index in [-0.39, 0.29) is 17.0 Å². The molecule has 3 heterocycles. The number of piperazine rings is 1. The van der Waals surface area contributed by atoms with Crippen molar-refractivity contribution >= 4 is 32.8 Å². The number of rotatable bonds is 3. The van der Waals surface area contributed by atoms with Crippen LogP contribution in [0.15, 0.2) is 47.6 Å². The predicted octanol–water partition coefficient (Wildman–Crippen LogP) is 3.47. The highest BCUT2D eigenvalue weighted by atomic mass is 32.2. The van der Waals surface area contributed by atoms with E-state index in [0.29, 0.717) is 24.4 Å². The fourth-order valence-electron chi connectivity index (χ4n) is 4.24. The Hall–Kier alpha value is -3.07. The summed E-state index contributed by atoms with van der Waals surface area (Å²) in [5.41, 5.74) is 2.35. The highest BCUT2D eigenvalue weighted by Gasteiger charge is 2.34. The highest BCUT2D eigenvalue weighted by molar-refractivity contribution is 7.90. The molecule has 1 fully saturated rings. The summed E-state index contributed by atoms with van der Waals surface area (Å²) < 4.78 is 28.0. The first-order valence-electron chi connectivity index (χ1n) is 10.2. The van der Waals surface area contributed by atoms with Crippen molar-refractivity contribution in [1.29, 1.82) is 0 Å². The minimum Gasteiger partial charge on any atom is -0.465 e. The van der Waals surface area contributed by atoms with Gasteiger partial charge in [0, 0.05) is 43.0 Å². The van der Waals surface area contributed by atoms with Crippen LogP contribution >= 0.6 is 0 Å². The van der Waals surface area contributed by atoms with E-state index in [1.165, 1.54) is 8.87 Å². The third-order valence-electron chi connectivity index (χ3n) is 5.93. The summed E-state index contributed by atoms with van der Waals surface area (Å²) in [5.74, 6) is 0.678. The molecule has 1 aromatic carbocycles. The van der Waals surface area contributed by atoms with Gasteiger partial charge in [-0.1, -0.05) is 17.7 Å². The summed E-state index contributed by atoms with van der Waals surface area (Å²) in [6, 6.07) is 8.20. The second-order valence-corrected chi connectivity index (χ2v) is 10.1. The van der Waals surface area contributed by atoms with E-state index in [1.807, 2.05) is 27.7 Å². The molecule has 4 rings (SSSR count). The number of amides is 1. The average Bonchev–Trinajstić information content (AvgIpc) is 3.07. The molecule has 2 unspecified atom stereocenters. The van der Waals surface area contributed by atoms with Crippen molar-refractivity contribution in [2.24, 2.45) is 0 Å². The Kier molecular flexibility index (Phi) is 5.17. The van der Waals surface area contributed by atoms with Gasteiger partial charge < -0.3 is 14.9 Å². The van der Waals surface area contributed by atoms with Crippen LogP contribution in [0.5, 0.6) is 0 Å². The van der Waals surface area contributed by atoms with Gasteiger partial charge in [-0.15, -0.1) is 0 Å². The van der Waals surface area contributed by atoms with Crippen molar-refractivity contribution < 1.29 is 18.3 Å². The van der Waals surface area contributed by atoms with Gasteiger partial charge in [0.15, 0.2) is 0 Å². The van der Waals surface area contributed by atoms with Crippen LogP contribution in [-0.2, 0) is 10.0 Å². The normalized spacial score (nSPS) is 19.7. The van der Waals surface area contributed by atoms with Gasteiger partial charge in [-0.2, -0.15) is 0 Å². The number of pyridine rings is 1. The smallest absolute Gasteiger partial charge is 0.407 e. The average molecular weight is 443 g/mol. The molecule has 9 heteroatoms. The molecule has 2 aromatic heterocycles. The van der Waals surface area contributed by atoms with Gasteiger partial charge in [0.25, 0.3) is 10.0 Å². The number of hydrogen-bond donors (Lipinski definition) is 1. The number of hydrogen-bond acceptors (Lipinski definition) is 5. The number of anilines is 1. The molecule has 1 aliphatic heterocycles. The fourth-order valence-corrected chi connectivity index (χ4v) is 5.66. The Morgan fingerprint density at radius 3 is 2.39 bits per heavy atom. The molecule has 1 saturated heterocycles. The van der Waals surface area contributed by atoms with Crippen LogP contribution in [0.3, 0.4) is 0 Å². The maximum atomic E-state index is 13.4. The Morgan fingerprint density at radius 1 is 1.06 bits per heavy atom. The zero-order valence-electron chi connectivity index (χ0n) is 18.0. The zero-order chi connectivity index (χ0) is 22.5. The van der Waals surface area contributed by atoms with Crippen molar-refractivity contribution in [2.45, 2.75) is 44.7 Å². The van der Waals surface area contributed by atoms with Gasteiger partial charge in [0.2, 0.25) is 0 Å². The fraction of sp³-hybridized carbons (Fsp3) is 0.364. The van der Waals surface area contributed by atoms with Crippen LogP contribution in [0.25, 0.3) is 10.9 Å². The molecular weight excluding hydrogens is 416 g/mol. The Morgan fingerprint density at radius 2 is 1.74 bits per heavy atom. The van der Waals surface area contributed by atoms with Gasteiger partial charge in [0.1, 0.15) is 5.82 Å². The summed E-state index contributed by atoms with van der Waals surface area (Å²) in [4.78, 5) is 19.8. The quantitative estimate of drug-likeness (QED) is 0.667. The molecule has 0 spiro atoms. The standard InChI is InChI=1S/C22H26N4O4S/c1-14-5-7-18(8-6-14)31(29,30)26-11-15(2)20-19(26)9-10-23-21(20)24-12-17(4)25(22(27)28)13-16(24)3/h5-11,16-17H,12-13H2,1-4H3,(H,27,28). The minimum atomic E-state index is -3.77. The van der Waals surface area contributed by atoms with Crippen LogP contribution in [-0.4, -0.2) is 58.6 Å². The third kappa shape index (κ3) is 3.52. The van der Waals surface area contributed by atoms with Gasteiger partial charge in [-0.3, -0.25) is 0 Å². The molecule has 0 saturated carbocycles. The van der Waals surface area contributed by atoms with Crippen LogP contribution in [0.4, 0.5) is 10.6 Å². The predicted molar refractivity (Wildman–Crippen MR) is 119 cm³/mol. The lowest BCUT2D eigenvalue weighted by Crippen LogP contribution is -2.58. The summed E-state index contributed by atoms with van der Waals surface area (Å²) in [6.45, 7) is 8.45. The number of carboxylic acid groups (broad SMARTS) is 1. The van der Waals surface area contributed by atoms with Crippen molar-refractivity contribution in [3.63, 3.8) is 0 Å². The first-order chi connectivity index (χ1) is 14.6. The van der Waals surface area contributed by atoms with Crippen molar-refractivity contribution in [1.82, 2.24) is 13.9 Å². The van der Waals surface area contributed by atoms with Gasteiger partial charge in [-0.25, -0.2) is 22.2 Å². The number of benzene rings is 1. The molecule has 31 heavy (non-hydrogen) atoms. The van der Waals surface area contributed by atoms with Gasteiger partial charge in [-0.05, 0) is 51.5 Å². The van der Waals surface area contributed by atoms with E-state index < -0.39 is 16.1 Å². The number of nitrogens with zero attached hydrogens (tertiary/aromatic N) is 4. The minimum absolute atomic E-state index is 0.0955. The molecular formula is C22H26N4O4S. The monoisotopic (exact) mass is 442 g/mol. The van der Waals surface area contributed by atoms with Crippen LogP contribution in [0.2, 0.25) is 0 Å². The van der Waals surface area contributed by atoms with E-state index in [0.717, 1.165) is 16.5 Å². The first kappa shape index (κ1) is 21.2. The van der Waals surface area contributed by atoms with Crippen molar-refractivity contribution in [3.05, 3.63) is 53.9 Å². The van der Waals surface area contributed by atoms with Crippen LogP contribution < -0.4 is 4.90 Å². The number of carbonyl (C=O) groups is 1. The molecule has 0 bridgehead atoms. The molecule has 1 N–H and O–H groups in total. The lowest BCUT2D eigenvalue weighted by molar-refractivity contribution is 0.114. The maximum Gasteiger partial charge on any atom is 0.407 e. The van der Waals surface area contributed by atoms with Gasteiger partial charge in [0.05, 0.1) is 10.4 Å². The summed E-state index contributed by atoms with van der Waals surface area (Å²) in [5, 5.41) is 10.2. The number of aromatic nitrogens is 2. The lowest BCUT2D eigenvalue weighted by Gasteiger charge is -2.43. The van der Waals surface area contributed by atoms with Gasteiger partial charge >= 0.3 is 6.09 Å². The molecule has 164 valence electrons. The second-order valence-electron chi connectivity index (χ2n) is 8.24. The topological polar surface area (TPSA) is 95.7 Å². The Balaban J connectivity index is 1.82. The Bertz CT molecular complexity index is 1250. The van der Waals surface area contributed by atoms with Crippen LogP contribution in [0.1, 0.15) is 25.0 Å². The molecule has 3 aromatic rings. The molecule has 2 atom stereocenters. The largest absolute Gasteiger partial charge is 0.465 e. The van der Waals surface area contributed by atoms with E-state index in [2.05, 4.69) is 9.88 Å². The summed E-state index contributed by atoms with van der Waals surface area (Å²) in [6.07, 6.45) is 2.31. The summed E-state index contributed by atoms with van der Waals surface area (Å²) >= 11 is 0. The lowest BCUT2D eigenvalue weighted by atomic mass is 10.1. The number of aryl methyl sites for hydroxylation is 2. The third-order valence-corrected chi connectivity index (χ3v) is 7.62. The first-order valence-corrected chi connectivity index (χ1v) is 11.6. The van der Waals surface area contributed by atoms with Crippen LogP contribution in [0, 0.1) is 13.8 Å². The van der Waals surface area contributed by atoms with E-state index in [4.69, 9.17) is 0 Å². The van der Waals surface area contributed by atoms with E-state index in [9.17, 15) is 18.3 Å². The molecule has 8 nitrogen and oxygen atoms in total. The SMILES string of the molecule is Cc1ccc(S(=O)(=O)n2cc(C)c3c(N4CC(C)N(C(=O)O)CC4C)nccc32)cc1. The Labute approximate surface area is 181 Å².